The van der Waals surface area contributed by atoms with E-state index in [9.17, 15) is 4.79 Å². The Labute approximate surface area is 123 Å². The van der Waals surface area contributed by atoms with Gasteiger partial charge in [0.2, 0.25) is 5.91 Å². The summed E-state index contributed by atoms with van der Waals surface area (Å²) in [4.78, 5) is 14.6. The van der Waals surface area contributed by atoms with Gasteiger partial charge in [0.1, 0.15) is 0 Å². The van der Waals surface area contributed by atoms with E-state index in [1.54, 1.807) is 0 Å². The summed E-state index contributed by atoms with van der Waals surface area (Å²) in [6.45, 7) is 3.83. The molecule has 4 heteroatoms. The molecular weight excluding hydrogens is 260 g/mol. The van der Waals surface area contributed by atoms with Crippen molar-refractivity contribution in [1.82, 2.24) is 4.90 Å². The van der Waals surface area contributed by atoms with Crippen LogP contribution < -0.4 is 5.73 Å². The van der Waals surface area contributed by atoms with E-state index in [1.807, 2.05) is 0 Å². The largest absolute Gasteiger partial charge is 0.340 e. The molecule has 2 aliphatic rings. The first-order valence-electron chi connectivity index (χ1n) is 7.66. The van der Waals surface area contributed by atoms with E-state index < -0.39 is 0 Å². The van der Waals surface area contributed by atoms with Crippen LogP contribution in [0.15, 0.2) is 0 Å². The second-order valence-electron chi connectivity index (χ2n) is 6.37. The number of carbonyl (C=O) groups excluding carboxylic acids is 1. The van der Waals surface area contributed by atoms with Gasteiger partial charge in [0, 0.05) is 19.0 Å². The van der Waals surface area contributed by atoms with Crippen LogP contribution in [0.2, 0.25) is 0 Å². The Kier molecular flexibility index (Phi) is 6.61. The molecule has 2 fully saturated rings. The third-order valence-electron chi connectivity index (χ3n) is 5.00. The topological polar surface area (TPSA) is 46.3 Å². The summed E-state index contributed by atoms with van der Waals surface area (Å²) in [7, 11) is 0. The Morgan fingerprint density at radius 3 is 2.47 bits per heavy atom. The van der Waals surface area contributed by atoms with Crippen LogP contribution in [0.4, 0.5) is 0 Å². The highest BCUT2D eigenvalue weighted by Gasteiger charge is 2.35. The highest BCUT2D eigenvalue weighted by molar-refractivity contribution is 5.85. The number of piperidine rings is 1. The molecule has 0 radical (unpaired) electrons. The molecule has 0 aromatic carbocycles. The summed E-state index contributed by atoms with van der Waals surface area (Å²) in [5, 5.41) is 0. The first kappa shape index (κ1) is 16.8. The molecule has 2 rings (SSSR count). The lowest BCUT2D eigenvalue weighted by atomic mass is 9.71. The minimum atomic E-state index is 0. The van der Waals surface area contributed by atoms with Gasteiger partial charge < -0.3 is 10.6 Å². The van der Waals surface area contributed by atoms with Crippen LogP contribution >= 0.6 is 12.4 Å². The molecule has 0 spiro atoms. The normalized spacial score (nSPS) is 26.6. The molecule has 19 heavy (non-hydrogen) atoms. The van der Waals surface area contributed by atoms with Crippen LogP contribution in [0, 0.1) is 5.41 Å². The highest BCUT2D eigenvalue weighted by atomic mass is 35.5. The molecule has 1 heterocycles. The van der Waals surface area contributed by atoms with E-state index in [-0.39, 0.29) is 17.8 Å². The number of likely N-dealkylation sites (tertiary alicyclic amines) is 1. The average molecular weight is 289 g/mol. The Morgan fingerprint density at radius 1 is 1.21 bits per heavy atom. The van der Waals surface area contributed by atoms with Crippen LogP contribution in [0.3, 0.4) is 0 Å². The number of nitrogens with two attached hydrogens (primary N) is 1. The van der Waals surface area contributed by atoms with Crippen molar-refractivity contribution in [2.45, 2.75) is 70.8 Å². The average Bonchev–Trinajstić information content (AvgIpc) is 2.40. The van der Waals surface area contributed by atoms with Gasteiger partial charge >= 0.3 is 0 Å². The maximum Gasteiger partial charge on any atom is 0.223 e. The zero-order chi connectivity index (χ0) is 13.0. The molecule has 3 nitrogen and oxygen atoms in total. The Bertz CT molecular complexity index is 290. The summed E-state index contributed by atoms with van der Waals surface area (Å²) in [5.41, 5.74) is 6.10. The molecule has 1 aliphatic carbocycles. The Morgan fingerprint density at radius 2 is 1.89 bits per heavy atom. The number of rotatable bonds is 3. The standard InChI is InChI=1S/C15H28N2O.ClH/c1-13-7-3-6-10-17(13)14(18)11-15(12-16)8-4-2-5-9-15;/h13H,2-12,16H2,1H3;1H. The van der Waals surface area contributed by atoms with Crippen LogP contribution in [0.1, 0.15) is 64.7 Å². The van der Waals surface area contributed by atoms with Gasteiger partial charge in [0.15, 0.2) is 0 Å². The van der Waals surface area contributed by atoms with Gasteiger partial charge in [0.05, 0.1) is 0 Å². The molecule has 1 amide bonds. The number of halogens is 1. The van der Waals surface area contributed by atoms with Crippen molar-refractivity contribution in [3.05, 3.63) is 0 Å². The second kappa shape index (κ2) is 7.49. The molecule has 2 N–H and O–H groups in total. The van der Waals surface area contributed by atoms with Crippen molar-refractivity contribution in [2.24, 2.45) is 11.1 Å². The van der Waals surface area contributed by atoms with E-state index in [4.69, 9.17) is 5.73 Å². The van der Waals surface area contributed by atoms with Gasteiger partial charge in [0.25, 0.3) is 0 Å². The third kappa shape index (κ3) is 4.09. The minimum Gasteiger partial charge on any atom is -0.340 e. The van der Waals surface area contributed by atoms with Gasteiger partial charge in [-0.15, -0.1) is 12.4 Å². The summed E-state index contributed by atoms with van der Waals surface area (Å²) in [5.74, 6) is 0.356. The first-order chi connectivity index (χ1) is 8.67. The number of hydrogen-bond donors (Lipinski definition) is 1. The van der Waals surface area contributed by atoms with Crippen molar-refractivity contribution < 1.29 is 4.79 Å². The predicted molar refractivity (Wildman–Crippen MR) is 81.5 cm³/mol. The number of hydrogen-bond acceptors (Lipinski definition) is 2. The van der Waals surface area contributed by atoms with Gasteiger partial charge in [-0.2, -0.15) is 0 Å². The van der Waals surface area contributed by atoms with E-state index in [0.717, 1.165) is 19.4 Å². The van der Waals surface area contributed by atoms with Gasteiger partial charge in [-0.3, -0.25) is 4.79 Å². The summed E-state index contributed by atoms with van der Waals surface area (Å²) >= 11 is 0. The Balaban J connectivity index is 0.00000180. The molecule has 1 unspecified atom stereocenters. The van der Waals surface area contributed by atoms with E-state index in [2.05, 4.69) is 11.8 Å². The molecule has 1 atom stereocenters. The minimum absolute atomic E-state index is 0. The third-order valence-corrected chi connectivity index (χ3v) is 5.00. The van der Waals surface area contributed by atoms with Crippen molar-refractivity contribution in [3.8, 4) is 0 Å². The van der Waals surface area contributed by atoms with Crippen LogP contribution in [0.5, 0.6) is 0 Å². The summed E-state index contributed by atoms with van der Waals surface area (Å²) in [6, 6.07) is 0.435. The molecule has 1 aliphatic heterocycles. The van der Waals surface area contributed by atoms with Crippen molar-refractivity contribution in [2.75, 3.05) is 13.1 Å². The SMILES string of the molecule is CC1CCCCN1C(=O)CC1(CN)CCCCC1.Cl. The summed E-state index contributed by atoms with van der Waals surface area (Å²) < 4.78 is 0. The lowest BCUT2D eigenvalue weighted by Crippen LogP contribution is -2.46. The number of nitrogens with zero attached hydrogens (tertiary/aromatic N) is 1. The van der Waals surface area contributed by atoms with Crippen LogP contribution in [-0.2, 0) is 4.79 Å². The lowest BCUT2D eigenvalue weighted by Gasteiger charge is -2.40. The molecule has 0 aromatic rings. The number of amides is 1. The molecule has 1 saturated carbocycles. The van der Waals surface area contributed by atoms with E-state index in [0.29, 0.717) is 24.9 Å². The Hall–Kier alpha value is -0.280. The maximum atomic E-state index is 12.5. The lowest BCUT2D eigenvalue weighted by molar-refractivity contribution is -0.137. The predicted octanol–water partition coefficient (Wildman–Crippen LogP) is 3.11. The van der Waals surface area contributed by atoms with Crippen LogP contribution in [-0.4, -0.2) is 29.9 Å². The molecular formula is C15H29ClN2O. The fourth-order valence-corrected chi connectivity index (χ4v) is 3.65. The van der Waals surface area contributed by atoms with E-state index in [1.165, 1.54) is 38.5 Å². The first-order valence-corrected chi connectivity index (χ1v) is 7.66. The molecule has 0 aromatic heterocycles. The quantitative estimate of drug-likeness (QED) is 0.867. The van der Waals surface area contributed by atoms with Crippen molar-refractivity contribution in [1.29, 1.82) is 0 Å². The second-order valence-corrected chi connectivity index (χ2v) is 6.37. The zero-order valence-corrected chi connectivity index (χ0v) is 13.0. The van der Waals surface area contributed by atoms with Crippen molar-refractivity contribution >= 4 is 18.3 Å². The smallest absolute Gasteiger partial charge is 0.223 e. The van der Waals surface area contributed by atoms with Crippen molar-refractivity contribution in [3.63, 3.8) is 0 Å². The molecule has 0 bridgehead atoms. The van der Waals surface area contributed by atoms with Gasteiger partial charge in [-0.25, -0.2) is 0 Å². The fraction of sp³-hybridized carbons (Fsp3) is 0.933. The molecule has 112 valence electrons. The molecule has 1 saturated heterocycles. The fourth-order valence-electron chi connectivity index (χ4n) is 3.65. The van der Waals surface area contributed by atoms with E-state index >= 15 is 0 Å². The maximum absolute atomic E-state index is 12.5. The van der Waals surface area contributed by atoms with Gasteiger partial charge in [-0.1, -0.05) is 19.3 Å². The number of carbonyl (C=O) groups is 1. The highest BCUT2D eigenvalue weighted by Crippen LogP contribution is 2.39. The van der Waals surface area contributed by atoms with Gasteiger partial charge in [-0.05, 0) is 51.0 Å². The summed E-state index contributed by atoms with van der Waals surface area (Å²) in [6.07, 6.45) is 10.4. The monoisotopic (exact) mass is 288 g/mol. The zero-order valence-electron chi connectivity index (χ0n) is 12.2. The van der Waals surface area contributed by atoms with Crippen LogP contribution in [0.25, 0.3) is 0 Å².